The second-order valence-corrected chi connectivity index (χ2v) is 12.3. The monoisotopic (exact) mass is 499 g/mol. The predicted molar refractivity (Wildman–Crippen MR) is 140 cm³/mol. The van der Waals surface area contributed by atoms with E-state index in [4.69, 9.17) is 0 Å². The summed E-state index contributed by atoms with van der Waals surface area (Å²) in [7, 11) is -3.65. The van der Waals surface area contributed by atoms with Gasteiger partial charge in [0.05, 0.1) is 15.1 Å². The topological polar surface area (TPSA) is 71.7 Å². The predicted octanol–water partition coefficient (Wildman–Crippen LogP) is 5.24. The Labute approximate surface area is 206 Å². The second kappa shape index (κ2) is 10.8. The van der Waals surface area contributed by atoms with Gasteiger partial charge in [-0.3, -0.25) is 4.79 Å². The first-order valence-electron chi connectivity index (χ1n) is 11.4. The van der Waals surface area contributed by atoms with Crippen LogP contribution in [-0.2, 0) is 16.6 Å². The summed E-state index contributed by atoms with van der Waals surface area (Å²) in [5, 5.41) is 0. The van der Waals surface area contributed by atoms with Crippen molar-refractivity contribution < 1.29 is 13.2 Å². The van der Waals surface area contributed by atoms with Gasteiger partial charge in [-0.2, -0.15) is 9.30 Å². The molecule has 182 valence electrons. The first-order valence-corrected chi connectivity index (χ1v) is 13.7. The molecule has 0 fully saturated rings. The van der Waals surface area contributed by atoms with Crippen LogP contribution < -0.4 is 4.80 Å². The average molecular weight is 500 g/mol. The maximum absolute atomic E-state index is 13.2. The lowest BCUT2D eigenvalue weighted by molar-refractivity contribution is 0.0997. The quantitative estimate of drug-likeness (QED) is 0.378. The average Bonchev–Trinajstić information content (AvgIpc) is 3.09. The number of rotatable bonds is 9. The van der Waals surface area contributed by atoms with Crippen LogP contribution in [0.1, 0.15) is 43.6 Å². The molecule has 0 spiro atoms. The van der Waals surface area contributed by atoms with Crippen LogP contribution in [0.4, 0.5) is 0 Å². The number of carbonyl (C=O) groups excluding carboxylic acids is 1. The molecule has 0 N–H and O–H groups in total. The fourth-order valence-corrected chi connectivity index (χ4v) is 6.63. The summed E-state index contributed by atoms with van der Waals surface area (Å²) in [6.07, 6.45) is 1.77. The highest BCUT2D eigenvalue weighted by molar-refractivity contribution is 7.89. The summed E-state index contributed by atoms with van der Waals surface area (Å²) in [5.74, 6) is 0.00678. The number of hydrogen-bond acceptors (Lipinski definition) is 4. The van der Waals surface area contributed by atoms with Crippen molar-refractivity contribution in [3.05, 3.63) is 71.0 Å². The van der Waals surface area contributed by atoms with Crippen LogP contribution in [-0.4, -0.2) is 36.3 Å². The number of allylic oxidation sites excluding steroid dienone is 1. The molecule has 0 unspecified atom stereocenters. The third-order valence-corrected chi connectivity index (χ3v) is 8.11. The molecule has 0 saturated heterocycles. The molecule has 0 aliphatic rings. The zero-order valence-electron chi connectivity index (χ0n) is 20.5. The minimum absolute atomic E-state index is 0.185. The van der Waals surface area contributed by atoms with E-state index in [1.807, 2.05) is 51.3 Å². The smallest absolute Gasteiger partial charge is 0.279 e. The Kier molecular flexibility index (Phi) is 8.28. The Morgan fingerprint density at radius 2 is 1.71 bits per heavy atom. The van der Waals surface area contributed by atoms with Crippen molar-refractivity contribution in [2.24, 2.45) is 16.8 Å². The Morgan fingerprint density at radius 1 is 1.09 bits per heavy atom. The number of nitrogens with zero attached hydrogens (tertiary/aromatic N) is 3. The van der Waals surface area contributed by atoms with Gasteiger partial charge in [-0.05, 0) is 60.7 Å². The van der Waals surface area contributed by atoms with Crippen molar-refractivity contribution in [3.63, 3.8) is 0 Å². The van der Waals surface area contributed by atoms with Gasteiger partial charge in [0, 0.05) is 25.2 Å². The summed E-state index contributed by atoms with van der Waals surface area (Å²) in [4.78, 5) is 18.1. The molecular weight excluding hydrogens is 466 g/mol. The van der Waals surface area contributed by atoms with Crippen LogP contribution in [0.5, 0.6) is 0 Å². The fourth-order valence-electron chi connectivity index (χ4n) is 3.73. The number of carbonyl (C=O) groups is 1. The van der Waals surface area contributed by atoms with Gasteiger partial charge >= 0.3 is 0 Å². The Morgan fingerprint density at radius 3 is 2.26 bits per heavy atom. The van der Waals surface area contributed by atoms with Gasteiger partial charge in [0.25, 0.3) is 5.91 Å². The molecule has 0 aliphatic carbocycles. The number of aryl methyl sites for hydroxylation is 1. The van der Waals surface area contributed by atoms with Crippen LogP contribution >= 0.6 is 11.3 Å². The standard InChI is InChI=1S/C26H33N3O3S2/c1-7-14-29-23-13-8-20(6)15-24(23)33-26(29)27-25(30)21-9-11-22(12-10-21)34(31,32)28(16-18(2)3)17-19(4)5/h7-13,15,18-19H,1,14,16-17H2,2-6H3. The third-order valence-electron chi connectivity index (χ3n) is 5.22. The molecule has 34 heavy (non-hydrogen) atoms. The van der Waals surface area contributed by atoms with E-state index in [1.165, 1.54) is 39.9 Å². The number of sulfonamides is 1. The van der Waals surface area contributed by atoms with E-state index in [0.29, 0.717) is 30.0 Å². The van der Waals surface area contributed by atoms with Crippen LogP contribution in [0.25, 0.3) is 10.2 Å². The number of benzene rings is 2. The number of aromatic nitrogens is 1. The molecule has 1 heterocycles. The summed E-state index contributed by atoms with van der Waals surface area (Å²) < 4.78 is 31.0. The highest BCUT2D eigenvalue weighted by atomic mass is 32.2. The van der Waals surface area contributed by atoms with Crippen LogP contribution in [0.3, 0.4) is 0 Å². The maximum atomic E-state index is 13.2. The summed E-state index contributed by atoms with van der Waals surface area (Å²) >= 11 is 1.45. The number of fused-ring (bicyclic) bond motifs is 1. The molecule has 0 bridgehead atoms. The van der Waals surface area contributed by atoms with Gasteiger partial charge in [-0.15, -0.1) is 6.58 Å². The number of amides is 1. The molecule has 3 rings (SSSR count). The van der Waals surface area contributed by atoms with Gasteiger partial charge in [-0.1, -0.05) is 51.2 Å². The zero-order valence-corrected chi connectivity index (χ0v) is 22.1. The summed E-state index contributed by atoms with van der Waals surface area (Å²) in [6.45, 7) is 15.3. The van der Waals surface area contributed by atoms with E-state index in [2.05, 4.69) is 17.6 Å². The van der Waals surface area contributed by atoms with Crippen molar-refractivity contribution in [1.82, 2.24) is 8.87 Å². The lowest BCUT2D eigenvalue weighted by atomic mass is 10.2. The lowest BCUT2D eigenvalue weighted by Gasteiger charge is -2.25. The first-order chi connectivity index (χ1) is 16.0. The molecule has 1 aromatic heterocycles. The molecule has 0 radical (unpaired) electrons. The molecule has 0 saturated carbocycles. The maximum Gasteiger partial charge on any atom is 0.279 e. The van der Waals surface area contributed by atoms with E-state index < -0.39 is 15.9 Å². The van der Waals surface area contributed by atoms with Gasteiger partial charge in [0.15, 0.2) is 4.80 Å². The van der Waals surface area contributed by atoms with Crippen LogP contribution in [0.15, 0.2) is 65.0 Å². The lowest BCUT2D eigenvalue weighted by Crippen LogP contribution is -2.37. The van der Waals surface area contributed by atoms with E-state index in [-0.39, 0.29) is 16.7 Å². The fraction of sp³-hybridized carbons (Fsp3) is 0.385. The van der Waals surface area contributed by atoms with Crippen LogP contribution in [0.2, 0.25) is 0 Å². The molecule has 1 amide bonds. The minimum Gasteiger partial charge on any atom is -0.312 e. The van der Waals surface area contributed by atoms with Crippen molar-refractivity contribution in [2.45, 2.75) is 46.1 Å². The van der Waals surface area contributed by atoms with Crippen molar-refractivity contribution in [3.8, 4) is 0 Å². The Balaban J connectivity index is 1.94. The third kappa shape index (κ3) is 5.92. The first kappa shape index (κ1) is 26.1. The van der Waals surface area contributed by atoms with E-state index >= 15 is 0 Å². The normalized spacial score (nSPS) is 12.9. The van der Waals surface area contributed by atoms with Gasteiger partial charge in [0.1, 0.15) is 0 Å². The van der Waals surface area contributed by atoms with E-state index in [1.54, 1.807) is 6.08 Å². The molecule has 2 aromatic carbocycles. The number of hydrogen-bond donors (Lipinski definition) is 0. The van der Waals surface area contributed by atoms with Crippen molar-refractivity contribution in [2.75, 3.05) is 13.1 Å². The van der Waals surface area contributed by atoms with Crippen molar-refractivity contribution >= 4 is 37.5 Å². The summed E-state index contributed by atoms with van der Waals surface area (Å²) in [6, 6.07) is 12.2. The molecular formula is C26H33N3O3S2. The largest absolute Gasteiger partial charge is 0.312 e. The SMILES string of the molecule is C=CCn1c(=NC(=O)c2ccc(S(=O)(=O)N(CC(C)C)CC(C)C)cc2)sc2cc(C)ccc21. The number of thiazole rings is 1. The zero-order chi connectivity index (χ0) is 25.0. The van der Waals surface area contributed by atoms with Gasteiger partial charge < -0.3 is 4.57 Å². The van der Waals surface area contributed by atoms with Crippen molar-refractivity contribution in [1.29, 1.82) is 0 Å². The van der Waals surface area contributed by atoms with Crippen LogP contribution in [0, 0.1) is 18.8 Å². The molecule has 0 atom stereocenters. The highest BCUT2D eigenvalue weighted by Gasteiger charge is 2.26. The second-order valence-electron chi connectivity index (χ2n) is 9.31. The highest BCUT2D eigenvalue weighted by Crippen LogP contribution is 2.21. The Bertz CT molecular complexity index is 1340. The van der Waals surface area contributed by atoms with E-state index in [0.717, 1.165) is 15.8 Å². The molecule has 0 aliphatic heterocycles. The van der Waals surface area contributed by atoms with E-state index in [9.17, 15) is 13.2 Å². The Hall–Kier alpha value is -2.55. The van der Waals surface area contributed by atoms with Gasteiger partial charge in [0.2, 0.25) is 10.0 Å². The molecule has 3 aromatic rings. The molecule has 8 heteroatoms. The molecule has 6 nitrogen and oxygen atoms in total. The minimum atomic E-state index is -3.65. The van der Waals surface area contributed by atoms with Gasteiger partial charge in [-0.25, -0.2) is 8.42 Å². The summed E-state index contributed by atoms with van der Waals surface area (Å²) in [5.41, 5.74) is 2.48.